The first-order valence-corrected chi connectivity index (χ1v) is 21.0. The zero-order chi connectivity index (χ0) is 38.2. The third-order valence-corrected chi connectivity index (χ3v) is 14.0. The number of pyridine rings is 1. The lowest BCUT2D eigenvalue weighted by Gasteiger charge is -2.33. The maximum absolute atomic E-state index is 14.6. The summed E-state index contributed by atoms with van der Waals surface area (Å²) < 4.78 is 39.2. The van der Waals surface area contributed by atoms with E-state index >= 15 is 0 Å². The van der Waals surface area contributed by atoms with E-state index in [2.05, 4.69) is 27.5 Å². The van der Waals surface area contributed by atoms with Crippen LogP contribution in [0.1, 0.15) is 111 Å². The third kappa shape index (κ3) is 7.47. The van der Waals surface area contributed by atoms with Gasteiger partial charge in [0, 0.05) is 25.0 Å². The number of anilines is 1. The van der Waals surface area contributed by atoms with Gasteiger partial charge >= 0.3 is 5.97 Å². The number of carboxylic acids is 1. The number of hydrogen-bond donors (Lipinski definition) is 2. The summed E-state index contributed by atoms with van der Waals surface area (Å²) >= 11 is 0. The Kier molecular flexibility index (Phi) is 10.5. The molecule has 2 aromatic carbocycles. The SMILES string of the molecule is Cc1ccc([C@H](c2ccc3c(nnn3C3CC3)c2C)C(C)(C)C(=O)O)cc1CN1CC2(CC2)Oc2nc(N[C@@H](C)CN3CCCCC3)c(C)cc2S1(=O)=O.S. The monoisotopic (exact) mass is 789 g/mol. The van der Waals surface area contributed by atoms with E-state index in [4.69, 9.17) is 9.72 Å². The van der Waals surface area contributed by atoms with E-state index in [-0.39, 0.29) is 43.4 Å². The molecule has 14 heteroatoms. The molecule has 1 spiro atoms. The first-order chi connectivity index (χ1) is 25.7. The molecule has 1 saturated heterocycles. The van der Waals surface area contributed by atoms with Crippen LogP contribution in [0.3, 0.4) is 0 Å². The van der Waals surface area contributed by atoms with E-state index in [1.54, 1.807) is 19.9 Å². The number of nitrogens with one attached hydrogen (secondary N) is 1. The Bertz CT molecular complexity index is 2230. The van der Waals surface area contributed by atoms with Gasteiger partial charge in [0.25, 0.3) is 0 Å². The van der Waals surface area contributed by atoms with Crippen molar-refractivity contribution in [1.29, 1.82) is 0 Å². The highest BCUT2D eigenvalue weighted by Gasteiger charge is 2.53. The molecule has 0 bridgehead atoms. The average molecular weight is 790 g/mol. The molecule has 0 radical (unpaired) electrons. The normalized spacial score (nSPS) is 20.5. The molecule has 2 aliphatic carbocycles. The zero-order valence-corrected chi connectivity index (χ0v) is 34.7. The number of likely N-dealkylation sites (tertiary alicyclic amines) is 1. The van der Waals surface area contributed by atoms with Gasteiger partial charge in [-0.3, -0.25) is 4.79 Å². The van der Waals surface area contributed by atoms with E-state index in [9.17, 15) is 18.3 Å². The number of aromatic nitrogens is 4. The smallest absolute Gasteiger partial charge is 0.310 e. The molecule has 2 saturated carbocycles. The van der Waals surface area contributed by atoms with Crippen molar-refractivity contribution >= 4 is 46.3 Å². The number of piperidine rings is 1. The summed E-state index contributed by atoms with van der Waals surface area (Å²) in [5.41, 5.74) is 4.96. The van der Waals surface area contributed by atoms with E-state index in [1.807, 2.05) is 55.8 Å². The first-order valence-electron chi connectivity index (χ1n) is 19.5. The van der Waals surface area contributed by atoms with Crippen LogP contribution < -0.4 is 10.1 Å². The highest BCUT2D eigenvalue weighted by molar-refractivity contribution is 7.89. The lowest BCUT2D eigenvalue weighted by atomic mass is 9.69. The lowest BCUT2D eigenvalue weighted by Crippen LogP contribution is -2.38. The fourth-order valence-electron chi connectivity index (χ4n) is 8.50. The number of aliphatic carboxylic acids is 1. The van der Waals surface area contributed by atoms with Crippen molar-refractivity contribution in [3.05, 3.63) is 69.8 Å². The Morgan fingerprint density at radius 2 is 1.78 bits per heavy atom. The fourth-order valence-corrected chi connectivity index (χ4v) is 10.1. The molecular formula is C41H55N7O5S2. The van der Waals surface area contributed by atoms with Crippen LogP contribution in [0.15, 0.2) is 41.3 Å². The van der Waals surface area contributed by atoms with Crippen LogP contribution in [-0.2, 0) is 21.4 Å². The standard InChI is InChI=1S/C41H53N7O5S.H2S/c1-25-10-11-29(35(40(5,6)39(49)50)32-14-15-33-36(28(32)4)44-45-48(33)31-12-13-31)21-30(25)23-47-24-41(16-17-41)53-38-34(54(47,51)52)20-26(2)37(43-38)42-27(3)22-46-18-8-7-9-19-46;/h10-11,14-15,20-21,27,31,35H,7-9,12-13,16-19,22-24H2,1-6H3,(H,42,43)(H,49,50);1H2/t27-,35+;/m0./s1. The molecule has 4 aliphatic rings. The molecule has 2 N–H and O–H groups in total. The topological polar surface area (TPSA) is 143 Å². The van der Waals surface area contributed by atoms with Gasteiger partial charge in [0.15, 0.2) is 0 Å². The number of rotatable bonds is 11. The van der Waals surface area contributed by atoms with Gasteiger partial charge in [-0.05, 0) is 139 Å². The summed E-state index contributed by atoms with van der Waals surface area (Å²) in [7, 11) is -4.02. The van der Waals surface area contributed by atoms with Crippen molar-refractivity contribution in [1.82, 2.24) is 29.2 Å². The number of hydrogen-bond acceptors (Lipinski definition) is 9. The Morgan fingerprint density at radius 3 is 2.45 bits per heavy atom. The van der Waals surface area contributed by atoms with Crippen molar-refractivity contribution < 1.29 is 23.1 Å². The molecule has 4 heterocycles. The molecule has 0 unspecified atom stereocenters. The Hall–Kier alpha value is -3.72. The first kappa shape index (κ1) is 39.5. The third-order valence-electron chi connectivity index (χ3n) is 12.2. The molecular weight excluding hydrogens is 735 g/mol. The second-order valence-corrected chi connectivity index (χ2v) is 18.9. The number of carbonyl (C=O) groups is 1. The number of ether oxygens (including phenoxy) is 1. The number of fused-ring (bicyclic) bond motifs is 2. The Morgan fingerprint density at radius 1 is 1.05 bits per heavy atom. The van der Waals surface area contributed by atoms with Crippen molar-refractivity contribution in [2.24, 2.45) is 5.41 Å². The van der Waals surface area contributed by atoms with E-state index in [0.717, 1.165) is 89.7 Å². The highest BCUT2D eigenvalue weighted by Crippen LogP contribution is 2.48. The van der Waals surface area contributed by atoms with Crippen LogP contribution in [0.25, 0.3) is 11.0 Å². The second kappa shape index (κ2) is 14.7. The molecule has 55 heavy (non-hydrogen) atoms. The van der Waals surface area contributed by atoms with E-state index < -0.39 is 32.9 Å². The second-order valence-electron chi connectivity index (χ2n) is 17.0. The number of aryl methyl sites for hydroxylation is 3. The van der Waals surface area contributed by atoms with Gasteiger partial charge in [0.1, 0.15) is 21.8 Å². The minimum Gasteiger partial charge on any atom is -0.481 e. The summed E-state index contributed by atoms with van der Waals surface area (Å²) in [5, 5.41) is 23.1. The van der Waals surface area contributed by atoms with Gasteiger partial charge in [-0.1, -0.05) is 35.9 Å². The molecule has 8 rings (SSSR count). The van der Waals surface area contributed by atoms with Crippen LogP contribution in [-0.4, -0.2) is 86.5 Å². The maximum atomic E-state index is 14.6. The quantitative estimate of drug-likeness (QED) is 0.166. The summed E-state index contributed by atoms with van der Waals surface area (Å²) in [6, 6.07) is 12.2. The minimum atomic E-state index is -4.02. The van der Waals surface area contributed by atoms with E-state index in [0.29, 0.717) is 11.9 Å². The molecule has 2 aliphatic heterocycles. The molecule has 12 nitrogen and oxygen atoms in total. The Labute approximate surface area is 331 Å². The highest BCUT2D eigenvalue weighted by atomic mass is 32.2. The predicted octanol–water partition coefficient (Wildman–Crippen LogP) is 6.84. The molecule has 2 aromatic heterocycles. The summed E-state index contributed by atoms with van der Waals surface area (Å²) in [6.45, 7) is 14.9. The molecule has 2 atom stereocenters. The minimum absolute atomic E-state index is 0. The van der Waals surface area contributed by atoms with Crippen molar-refractivity contribution in [3.63, 3.8) is 0 Å². The van der Waals surface area contributed by atoms with Gasteiger partial charge < -0.3 is 20.1 Å². The maximum Gasteiger partial charge on any atom is 0.310 e. The van der Waals surface area contributed by atoms with Crippen LogP contribution in [0.4, 0.5) is 5.82 Å². The summed E-state index contributed by atoms with van der Waals surface area (Å²) in [4.78, 5) is 20.3. The van der Waals surface area contributed by atoms with Gasteiger partial charge in [-0.2, -0.15) is 22.8 Å². The van der Waals surface area contributed by atoms with Gasteiger partial charge in [0.05, 0.1) is 23.5 Å². The lowest BCUT2D eigenvalue weighted by molar-refractivity contribution is -0.147. The molecule has 0 amide bonds. The fraction of sp³-hybridized carbons (Fsp3) is 0.561. The van der Waals surface area contributed by atoms with Crippen molar-refractivity contribution in [3.8, 4) is 5.88 Å². The predicted molar refractivity (Wildman–Crippen MR) is 218 cm³/mol. The Balaban J connectivity index is 0.00000465. The van der Waals surface area contributed by atoms with Crippen molar-refractivity contribution in [2.45, 2.75) is 122 Å². The van der Waals surface area contributed by atoms with Crippen LogP contribution in [0.2, 0.25) is 0 Å². The number of nitrogens with zero attached hydrogens (tertiary/aromatic N) is 6. The summed E-state index contributed by atoms with van der Waals surface area (Å²) in [5.74, 6) is -0.657. The van der Waals surface area contributed by atoms with Gasteiger partial charge in [-0.25, -0.2) is 13.1 Å². The molecule has 296 valence electrons. The van der Waals surface area contributed by atoms with E-state index in [1.165, 1.54) is 23.6 Å². The van der Waals surface area contributed by atoms with Crippen LogP contribution >= 0.6 is 13.5 Å². The largest absolute Gasteiger partial charge is 0.481 e. The summed E-state index contributed by atoms with van der Waals surface area (Å²) in [6.07, 6.45) is 7.37. The number of benzene rings is 2. The number of sulfonamides is 1. The van der Waals surface area contributed by atoms with Gasteiger partial charge in [0.2, 0.25) is 15.9 Å². The van der Waals surface area contributed by atoms with Crippen LogP contribution in [0, 0.1) is 26.2 Å². The van der Waals surface area contributed by atoms with Crippen LogP contribution in [0.5, 0.6) is 5.88 Å². The molecule has 4 aromatic rings. The van der Waals surface area contributed by atoms with Crippen molar-refractivity contribution in [2.75, 3.05) is 31.5 Å². The zero-order valence-electron chi connectivity index (χ0n) is 32.9. The number of carboxylic acid groups (broad SMARTS) is 1. The average Bonchev–Trinajstić information content (AvgIpc) is 4.06. The van der Waals surface area contributed by atoms with Gasteiger partial charge in [-0.15, -0.1) is 5.10 Å². The molecule has 3 fully saturated rings.